The van der Waals surface area contributed by atoms with E-state index in [0.717, 1.165) is 10.9 Å². The van der Waals surface area contributed by atoms with E-state index in [4.69, 9.17) is 0 Å². The number of amides is 1. The molecule has 0 aliphatic carbocycles. The van der Waals surface area contributed by atoms with Crippen molar-refractivity contribution in [3.63, 3.8) is 0 Å². The quantitative estimate of drug-likeness (QED) is 0.701. The Bertz CT molecular complexity index is 820. The van der Waals surface area contributed by atoms with Gasteiger partial charge in [0.2, 0.25) is 5.91 Å². The third kappa shape index (κ3) is 3.00. The summed E-state index contributed by atoms with van der Waals surface area (Å²) >= 11 is 0. The van der Waals surface area contributed by atoms with E-state index in [1.54, 1.807) is 18.2 Å². The smallest absolute Gasteiger partial charge is 0.248 e. The zero-order valence-electron chi connectivity index (χ0n) is 11.1. The highest BCUT2D eigenvalue weighted by Crippen LogP contribution is 2.17. The summed E-state index contributed by atoms with van der Waals surface area (Å²) in [7, 11) is 0. The zero-order valence-corrected chi connectivity index (χ0v) is 11.1. The van der Waals surface area contributed by atoms with Crippen LogP contribution >= 0.6 is 0 Å². The molecular formula is C17H13FN2O. The number of halogens is 1. The van der Waals surface area contributed by atoms with Gasteiger partial charge in [-0.3, -0.25) is 4.79 Å². The number of aromatic amines is 1. The van der Waals surface area contributed by atoms with Crippen molar-refractivity contribution in [3.05, 3.63) is 72.2 Å². The number of nitrogens with one attached hydrogen (secondary N) is 2. The molecule has 0 fully saturated rings. The minimum Gasteiger partial charge on any atom is -0.361 e. The maximum absolute atomic E-state index is 13.4. The summed E-state index contributed by atoms with van der Waals surface area (Å²) in [4.78, 5) is 14.9. The lowest BCUT2D eigenvalue weighted by Gasteiger charge is -2.02. The van der Waals surface area contributed by atoms with E-state index >= 15 is 0 Å². The minimum absolute atomic E-state index is 0.298. The molecule has 0 bridgehead atoms. The Balaban J connectivity index is 1.72. The van der Waals surface area contributed by atoms with Crippen molar-refractivity contribution < 1.29 is 9.18 Å². The van der Waals surface area contributed by atoms with E-state index in [1.165, 1.54) is 18.2 Å². The molecule has 0 aliphatic heterocycles. The average Bonchev–Trinajstić information content (AvgIpc) is 2.94. The van der Waals surface area contributed by atoms with Crippen LogP contribution in [0.15, 0.2) is 60.8 Å². The third-order valence-corrected chi connectivity index (χ3v) is 3.14. The SMILES string of the molecule is O=C(/C=C/c1ccccc1F)Nc1ccc2[nH]ccc2c1. The van der Waals surface area contributed by atoms with Gasteiger partial charge in [0.1, 0.15) is 5.82 Å². The largest absolute Gasteiger partial charge is 0.361 e. The Kier molecular flexibility index (Phi) is 3.51. The van der Waals surface area contributed by atoms with E-state index in [-0.39, 0.29) is 11.7 Å². The third-order valence-electron chi connectivity index (χ3n) is 3.14. The van der Waals surface area contributed by atoms with Gasteiger partial charge in [-0.1, -0.05) is 18.2 Å². The van der Waals surface area contributed by atoms with Gasteiger partial charge in [0.15, 0.2) is 0 Å². The number of carbonyl (C=O) groups excluding carboxylic acids is 1. The Hall–Kier alpha value is -2.88. The Morgan fingerprint density at radius 1 is 1.14 bits per heavy atom. The molecule has 3 nitrogen and oxygen atoms in total. The van der Waals surface area contributed by atoms with E-state index in [9.17, 15) is 9.18 Å². The first-order valence-corrected chi connectivity index (χ1v) is 6.53. The molecule has 4 heteroatoms. The lowest BCUT2D eigenvalue weighted by Crippen LogP contribution is -2.07. The topological polar surface area (TPSA) is 44.9 Å². The summed E-state index contributed by atoms with van der Waals surface area (Å²) in [5.74, 6) is -0.650. The molecule has 2 aromatic carbocycles. The van der Waals surface area contributed by atoms with Crippen LogP contribution in [0, 0.1) is 5.82 Å². The number of benzene rings is 2. The predicted octanol–water partition coefficient (Wildman–Crippen LogP) is 3.96. The second-order valence-corrected chi connectivity index (χ2v) is 4.62. The van der Waals surface area contributed by atoms with Gasteiger partial charge in [-0.2, -0.15) is 0 Å². The van der Waals surface area contributed by atoms with Crippen LogP contribution in [0.4, 0.5) is 10.1 Å². The number of carbonyl (C=O) groups is 1. The van der Waals surface area contributed by atoms with E-state index in [2.05, 4.69) is 10.3 Å². The van der Waals surface area contributed by atoms with Crippen LogP contribution < -0.4 is 5.32 Å². The van der Waals surface area contributed by atoms with Crippen molar-refractivity contribution in [1.82, 2.24) is 4.98 Å². The molecule has 0 saturated carbocycles. The summed E-state index contributed by atoms with van der Waals surface area (Å²) in [5.41, 5.74) is 2.09. The fourth-order valence-corrected chi connectivity index (χ4v) is 2.09. The van der Waals surface area contributed by atoms with Crippen molar-refractivity contribution >= 4 is 28.6 Å². The molecule has 0 radical (unpaired) electrons. The number of hydrogen-bond acceptors (Lipinski definition) is 1. The summed E-state index contributed by atoms with van der Waals surface area (Å²) in [6, 6.07) is 13.8. The number of H-pyrrole nitrogens is 1. The lowest BCUT2D eigenvalue weighted by molar-refractivity contribution is -0.111. The molecule has 3 aromatic rings. The number of fused-ring (bicyclic) bond motifs is 1. The lowest BCUT2D eigenvalue weighted by atomic mass is 10.2. The van der Waals surface area contributed by atoms with Gasteiger partial charge in [-0.25, -0.2) is 4.39 Å². The summed E-state index contributed by atoms with van der Waals surface area (Å²) in [5, 5.41) is 3.77. The molecule has 0 spiro atoms. The van der Waals surface area contributed by atoms with Crippen molar-refractivity contribution in [3.8, 4) is 0 Å². The Morgan fingerprint density at radius 2 is 2.00 bits per heavy atom. The van der Waals surface area contributed by atoms with Gasteiger partial charge in [-0.15, -0.1) is 0 Å². The zero-order chi connectivity index (χ0) is 14.7. The van der Waals surface area contributed by atoms with Gasteiger partial charge >= 0.3 is 0 Å². The second kappa shape index (κ2) is 5.63. The molecule has 104 valence electrons. The Morgan fingerprint density at radius 3 is 2.86 bits per heavy atom. The van der Waals surface area contributed by atoms with E-state index in [0.29, 0.717) is 11.3 Å². The first-order valence-electron chi connectivity index (χ1n) is 6.53. The monoisotopic (exact) mass is 280 g/mol. The molecule has 0 atom stereocenters. The fourth-order valence-electron chi connectivity index (χ4n) is 2.09. The molecule has 0 unspecified atom stereocenters. The minimum atomic E-state index is -0.352. The number of anilines is 1. The maximum atomic E-state index is 13.4. The summed E-state index contributed by atoms with van der Waals surface area (Å²) < 4.78 is 13.4. The van der Waals surface area contributed by atoms with Crippen LogP contribution in [0.5, 0.6) is 0 Å². The fraction of sp³-hybridized carbons (Fsp3) is 0. The predicted molar refractivity (Wildman–Crippen MR) is 82.4 cm³/mol. The van der Waals surface area contributed by atoms with Crippen LogP contribution in [-0.2, 0) is 4.79 Å². The summed E-state index contributed by atoms with van der Waals surface area (Å²) in [6.07, 6.45) is 4.62. The second-order valence-electron chi connectivity index (χ2n) is 4.62. The highest BCUT2D eigenvalue weighted by atomic mass is 19.1. The van der Waals surface area contributed by atoms with Crippen molar-refractivity contribution in [2.45, 2.75) is 0 Å². The van der Waals surface area contributed by atoms with Gasteiger partial charge in [0, 0.05) is 34.4 Å². The van der Waals surface area contributed by atoms with Gasteiger partial charge < -0.3 is 10.3 Å². The molecule has 1 amide bonds. The number of aromatic nitrogens is 1. The van der Waals surface area contributed by atoms with Crippen molar-refractivity contribution in [2.75, 3.05) is 5.32 Å². The normalized spacial score (nSPS) is 11.1. The number of rotatable bonds is 3. The van der Waals surface area contributed by atoms with Crippen LogP contribution in [0.2, 0.25) is 0 Å². The first-order chi connectivity index (χ1) is 10.2. The molecule has 3 rings (SSSR count). The highest BCUT2D eigenvalue weighted by molar-refractivity contribution is 6.02. The highest BCUT2D eigenvalue weighted by Gasteiger charge is 2.01. The first kappa shape index (κ1) is 13.1. The average molecular weight is 280 g/mol. The van der Waals surface area contributed by atoms with Crippen LogP contribution in [0.1, 0.15) is 5.56 Å². The van der Waals surface area contributed by atoms with E-state index in [1.807, 2.05) is 30.5 Å². The van der Waals surface area contributed by atoms with E-state index < -0.39 is 0 Å². The van der Waals surface area contributed by atoms with Gasteiger partial charge in [-0.05, 0) is 36.4 Å². The maximum Gasteiger partial charge on any atom is 0.248 e. The van der Waals surface area contributed by atoms with Crippen LogP contribution in [-0.4, -0.2) is 10.9 Å². The molecule has 1 aromatic heterocycles. The molecule has 1 heterocycles. The van der Waals surface area contributed by atoms with Crippen LogP contribution in [0.25, 0.3) is 17.0 Å². The molecule has 0 aliphatic rings. The van der Waals surface area contributed by atoms with Gasteiger partial charge in [0.25, 0.3) is 0 Å². The molecule has 2 N–H and O–H groups in total. The molecular weight excluding hydrogens is 267 g/mol. The Labute approximate surface area is 121 Å². The van der Waals surface area contributed by atoms with Gasteiger partial charge in [0.05, 0.1) is 0 Å². The van der Waals surface area contributed by atoms with Crippen LogP contribution in [0.3, 0.4) is 0 Å². The van der Waals surface area contributed by atoms with Crippen molar-refractivity contribution in [1.29, 1.82) is 0 Å². The molecule has 0 saturated heterocycles. The van der Waals surface area contributed by atoms with Crippen molar-refractivity contribution in [2.24, 2.45) is 0 Å². The number of hydrogen-bond donors (Lipinski definition) is 2. The summed E-state index contributed by atoms with van der Waals surface area (Å²) in [6.45, 7) is 0. The standard InChI is InChI=1S/C17H13FN2O/c18-15-4-2-1-3-12(15)5-8-17(21)20-14-6-7-16-13(11-14)9-10-19-16/h1-11,19H,(H,20,21)/b8-5+. The molecule has 21 heavy (non-hydrogen) atoms.